The molecule has 6 aromatic rings. The van der Waals surface area contributed by atoms with E-state index in [4.69, 9.17) is 46.9 Å². The highest BCUT2D eigenvalue weighted by Crippen LogP contribution is 2.36. The Balaban J connectivity index is 0.580. The second-order valence-corrected chi connectivity index (χ2v) is 20.7. The molecule has 2 atom stereocenters. The van der Waals surface area contributed by atoms with Gasteiger partial charge >= 0.3 is 0 Å². The Kier molecular flexibility index (Phi) is 19.5. The minimum Gasteiger partial charge on any atom is -0.489 e. The maximum absolute atomic E-state index is 13.3. The number of nitrogens with one attached hydrogen (secondary N) is 1. The van der Waals surface area contributed by atoms with E-state index in [-0.39, 0.29) is 61.9 Å². The van der Waals surface area contributed by atoms with Gasteiger partial charge in [-0.1, -0.05) is 65.7 Å². The Morgan fingerprint density at radius 2 is 1.59 bits per heavy atom. The number of rotatable bonds is 27. The zero-order valence-corrected chi connectivity index (χ0v) is 45.7. The number of allylic oxidation sites excluding steroid dienone is 1. The molecule has 2 amide bonds. The fourth-order valence-corrected chi connectivity index (χ4v) is 10.4. The van der Waals surface area contributed by atoms with E-state index in [1.165, 1.54) is 10.2 Å². The number of ketones is 2. The van der Waals surface area contributed by atoms with Crippen molar-refractivity contribution in [3.63, 3.8) is 0 Å². The SMILES string of the molecule is C=C1CCC(N2Cc3c(OCc4ccc(CN5CCN(CCOCCOCCOCCC(=O)NCc6cnn(-c7ncc(CC(=O)Cc8cnc9cc(Cl)nn9c8[C@H](C)OC)cc7Cl)c6)CC5)cc4)cccc3C2=O)C(=O)C1. The second-order valence-electron chi connectivity index (χ2n) is 19.9. The average Bonchev–Trinajstić information content (AvgIpc) is 4.28. The highest BCUT2D eigenvalue weighted by Gasteiger charge is 2.39. The number of carbonyl (C=O) groups excluding carboxylic acids is 4. The third-order valence-corrected chi connectivity index (χ3v) is 14.7. The quantitative estimate of drug-likeness (QED) is 0.0419. The van der Waals surface area contributed by atoms with Gasteiger partial charge in [-0.3, -0.25) is 29.0 Å². The summed E-state index contributed by atoms with van der Waals surface area (Å²) in [6, 6.07) is 17.0. The lowest BCUT2D eigenvalue weighted by molar-refractivity contribution is -0.124. The van der Waals surface area contributed by atoms with Gasteiger partial charge in [-0.2, -0.15) is 10.2 Å². The Bertz CT molecular complexity index is 3090. The van der Waals surface area contributed by atoms with Crippen LogP contribution in [0.15, 0.2) is 91.5 Å². The molecule has 6 heterocycles. The second kappa shape index (κ2) is 27.0. The number of Topliss-reactive ketones (excluding diaryl/α,β-unsaturated/α-hetero) is 2. The fourth-order valence-electron chi connectivity index (χ4n) is 9.96. The van der Waals surface area contributed by atoms with E-state index in [0.717, 1.165) is 68.0 Å². The molecule has 2 aromatic carbocycles. The van der Waals surface area contributed by atoms with Crippen LogP contribution in [0.25, 0.3) is 11.5 Å². The largest absolute Gasteiger partial charge is 0.489 e. The summed E-state index contributed by atoms with van der Waals surface area (Å²) < 4.78 is 32.1. The van der Waals surface area contributed by atoms with Crippen LogP contribution >= 0.6 is 23.2 Å². The molecule has 0 spiro atoms. The van der Waals surface area contributed by atoms with E-state index in [2.05, 4.69) is 66.1 Å². The number of carbonyl (C=O) groups is 4. The highest BCUT2D eigenvalue weighted by atomic mass is 35.5. The summed E-state index contributed by atoms with van der Waals surface area (Å²) in [5, 5.41) is 12.2. The number of pyridine rings is 1. The first-order chi connectivity index (χ1) is 37.9. The van der Waals surface area contributed by atoms with Crippen LogP contribution in [-0.2, 0) is 72.4 Å². The zero-order chi connectivity index (χ0) is 54.5. The van der Waals surface area contributed by atoms with E-state index in [1.807, 2.05) is 25.1 Å². The lowest BCUT2D eigenvalue weighted by atomic mass is 9.90. The highest BCUT2D eigenvalue weighted by molar-refractivity contribution is 6.32. The van der Waals surface area contributed by atoms with Crippen molar-refractivity contribution in [3.8, 4) is 11.6 Å². The predicted molar refractivity (Wildman–Crippen MR) is 292 cm³/mol. The normalized spacial score (nSPS) is 16.5. The fraction of sp³-hybridized carbons (Fsp3) is 0.439. The summed E-state index contributed by atoms with van der Waals surface area (Å²) in [4.78, 5) is 67.3. The van der Waals surface area contributed by atoms with Gasteiger partial charge in [0.15, 0.2) is 22.4 Å². The first-order valence-corrected chi connectivity index (χ1v) is 27.2. The molecule has 3 aliphatic rings. The molecule has 1 N–H and O–H groups in total. The molecule has 21 heteroatoms. The Hall–Kier alpha value is -6.42. The van der Waals surface area contributed by atoms with Crippen molar-refractivity contribution in [2.45, 2.75) is 83.8 Å². The zero-order valence-electron chi connectivity index (χ0n) is 44.2. The molecule has 1 saturated heterocycles. The van der Waals surface area contributed by atoms with Crippen LogP contribution in [0.3, 0.4) is 0 Å². The van der Waals surface area contributed by atoms with E-state index in [0.29, 0.717) is 109 Å². The summed E-state index contributed by atoms with van der Waals surface area (Å²) in [6.07, 6.45) is 8.41. The van der Waals surface area contributed by atoms with Crippen molar-refractivity contribution in [2.24, 2.45) is 0 Å². The number of nitrogens with zero attached hydrogens (tertiary/aromatic N) is 9. The van der Waals surface area contributed by atoms with Gasteiger partial charge < -0.3 is 33.9 Å². The number of hydrogen-bond donors (Lipinski definition) is 1. The van der Waals surface area contributed by atoms with Crippen molar-refractivity contribution >= 4 is 52.2 Å². The van der Waals surface area contributed by atoms with Crippen LogP contribution in [0.5, 0.6) is 5.75 Å². The van der Waals surface area contributed by atoms with E-state index >= 15 is 0 Å². The minimum absolute atomic E-state index is 0.0669. The van der Waals surface area contributed by atoms with Gasteiger partial charge in [0.1, 0.15) is 18.1 Å². The maximum atomic E-state index is 13.3. The maximum Gasteiger partial charge on any atom is 0.255 e. The van der Waals surface area contributed by atoms with Crippen LogP contribution in [0, 0.1) is 0 Å². The Labute approximate surface area is 463 Å². The number of aromatic nitrogens is 6. The summed E-state index contributed by atoms with van der Waals surface area (Å²) >= 11 is 12.7. The molecule has 1 saturated carbocycles. The Morgan fingerprint density at radius 1 is 0.846 bits per heavy atom. The van der Waals surface area contributed by atoms with Crippen molar-refractivity contribution in [1.29, 1.82) is 0 Å². The van der Waals surface area contributed by atoms with Crippen molar-refractivity contribution in [3.05, 3.63) is 146 Å². The van der Waals surface area contributed by atoms with E-state index in [9.17, 15) is 19.2 Å². The molecule has 1 aliphatic carbocycles. The van der Waals surface area contributed by atoms with E-state index < -0.39 is 6.04 Å². The number of methoxy groups -OCH3 is 1. The van der Waals surface area contributed by atoms with Crippen LogP contribution in [0.2, 0.25) is 10.2 Å². The lowest BCUT2D eigenvalue weighted by Crippen LogP contribution is -2.46. The van der Waals surface area contributed by atoms with Crippen LogP contribution < -0.4 is 10.1 Å². The molecule has 19 nitrogen and oxygen atoms in total. The van der Waals surface area contributed by atoms with Gasteiger partial charge in [0.2, 0.25) is 5.91 Å². The van der Waals surface area contributed by atoms with Crippen LogP contribution in [0.4, 0.5) is 0 Å². The van der Waals surface area contributed by atoms with Gasteiger partial charge in [-0.15, -0.1) is 0 Å². The first-order valence-electron chi connectivity index (χ1n) is 26.4. The third-order valence-electron chi connectivity index (χ3n) is 14.3. The van der Waals surface area contributed by atoms with Crippen molar-refractivity contribution in [2.75, 3.05) is 79.5 Å². The molecule has 1 unspecified atom stereocenters. The topological polar surface area (TPSA) is 197 Å². The number of ether oxygens (including phenoxy) is 5. The molecule has 2 aliphatic heterocycles. The molecule has 0 radical (unpaired) electrons. The molecular weight excluding hydrogens is 1040 g/mol. The monoisotopic (exact) mass is 1100 g/mol. The number of halogens is 2. The summed E-state index contributed by atoms with van der Waals surface area (Å²) in [7, 11) is 1.59. The minimum atomic E-state index is -0.399. The summed E-state index contributed by atoms with van der Waals surface area (Å²) in [5.74, 6) is 0.825. The molecular formula is C57H66Cl2N10O9. The molecule has 412 valence electrons. The summed E-state index contributed by atoms with van der Waals surface area (Å²) in [5.41, 5.74) is 8.07. The van der Waals surface area contributed by atoms with Gasteiger partial charge in [0.05, 0.1) is 75.2 Å². The predicted octanol–water partition coefficient (Wildman–Crippen LogP) is 6.77. The van der Waals surface area contributed by atoms with Gasteiger partial charge in [-0.05, 0) is 54.7 Å². The van der Waals surface area contributed by atoms with Gasteiger partial charge in [0, 0.05) is 126 Å². The Morgan fingerprint density at radius 3 is 2.35 bits per heavy atom. The molecule has 78 heavy (non-hydrogen) atoms. The number of piperazine rings is 1. The molecule has 4 aromatic heterocycles. The number of hydrogen-bond acceptors (Lipinski definition) is 15. The standard InChI is InChI=1S/C57H66Cl2N10O9/c1-38-7-12-49(50(71)25-38)67-36-47-46(57(67)73)5-4-6-51(47)78-37-41-10-8-40(9-11-41)34-66-16-14-65(15-17-66)18-20-76-22-24-77-23-21-75-19-13-54(72)61-31-43-32-63-68(35-43)56-48(58)27-42(30-62-56)26-45(70)28-44-33-60-53-29-52(59)64-69(53)55(44)39(2)74-3/h4-6,8-11,27,29-30,32-33,35,39,49H,1,7,12-26,28,31,34,36-37H2,2-3H3,(H,61,72)/t39-,49?/m0/s1. The van der Waals surface area contributed by atoms with Crippen molar-refractivity contribution < 1.29 is 42.9 Å². The molecule has 2 fully saturated rings. The summed E-state index contributed by atoms with van der Waals surface area (Å²) in [6.45, 7) is 15.2. The number of fused-ring (bicyclic) bond motifs is 2. The third kappa shape index (κ3) is 14.6. The van der Waals surface area contributed by atoms with Crippen LogP contribution in [-0.4, -0.2) is 153 Å². The number of benzene rings is 2. The average molecular weight is 1110 g/mol. The lowest BCUT2D eigenvalue weighted by Gasteiger charge is -2.34. The van der Waals surface area contributed by atoms with E-state index in [1.54, 1.807) is 53.4 Å². The van der Waals surface area contributed by atoms with Crippen LogP contribution in [0.1, 0.15) is 88.1 Å². The smallest absolute Gasteiger partial charge is 0.255 e. The van der Waals surface area contributed by atoms with Gasteiger partial charge in [-0.25, -0.2) is 19.2 Å². The molecule has 0 bridgehead atoms. The first kappa shape index (κ1) is 56.3. The molecule has 9 rings (SSSR count). The van der Waals surface area contributed by atoms with Gasteiger partial charge in [0.25, 0.3) is 5.91 Å². The number of amides is 2. The van der Waals surface area contributed by atoms with Crippen molar-refractivity contribution in [1.82, 2.24) is 49.4 Å².